The van der Waals surface area contributed by atoms with Crippen LogP contribution in [0.25, 0.3) is 0 Å². The van der Waals surface area contributed by atoms with Crippen molar-refractivity contribution >= 4 is 18.5 Å². The summed E-state index contributed by atoms with van der Waals surface area (Å²) in [6, 6.07) is 5.58. The lowest BCUT2D eigenvalue weighted by atomic mass is 10.0. The van der Waals surface area contributed by atoms with Crippen LogP contribution >= 0.6 is 0 Å². The molecular weight excluding hydrogens is 250 g/mol. The summed E-state index contributed by atoms with van der Waals surface area (Å²) in [6.07, 6.45) is 1.82. The molecule has 0 radical (unpaired) electrons. The normalized spacial score (nSPS) is 15.3. The van der Waals surface area contributed by atoms with Crippen molar-refractivity contribution in [3.63, 3.8) is 0 Å². The van der Waals surface area contributed by atoms with Gasteiger partial charge in [-0.05, 0) is 31.2 Å². The zero-order chi connectivity index (χ0) is 14.7. The van der Waals surface area contributed by atoms with Gasteiger partial charge in [0.1, 0.15) is 0 Å². The molecule has 0 fully saturated rings. The van der Waals surface area contributed by atoms with Gasteiger partial charge in [-0.3, -0.25) is 4.79 Å². The Kier molecular flexibility index (Phi) is 4.13. The molecule has 0 atom stereocenters. The van der Waals surface area contributed by atoms with Crippen molar-refractivity contribution in [2.75, 3.05) is 0 Å². The fourth-order valence-corrected chi connectivity index (χ4v) is 1.97. The van der Waals surface area contributed by atoms with Crippen LogP contribution in [0.3, 0.4) is 0 Å². The maximum atomic E-state index is 11.7. The third kappa shape index (κ3) is 2.69. The number of rotatable bonds is 3. The second-order valence-electron chi connectivity index (χ2n) is 5.15. The Morgan fingerprint density at radius 2 is 2.20 bits per heavy atom. The second kappa shape index (κ2) is 5.82. The van der Waals surface area contributed by atoms with Crippen molar-refractivity contribution in [2.24, 2.45) is 15.9 Å². The Bertz CT molecular complexity index is 612. The van der Waals surface area contributed by atoms with Crippen molar-refractivity contribution in [3.8, 4) is 0 Å². The average Bonchev–Trinajstić information content (AvgIpc) is 2.81. The molecule has 1 N–H and O–H groups in total. The SMILES string of the molecule is C=N/C(=N\C=C(/C)C(C)C)c1cccc2c1CNC2=O. The first-order valence-electron chi connectivity index (χ1n) is 6.66. The first kappa shape index (κ1) is 14.2. The highest BCUT2D eigenvalue weighted by atomic mass is 16.1. The maximum absolute atomic E-state index is 11.7. The van der Waals surface area contributed by atoms with E-state index in [1.807, 2.05) is 31.3 Å². The van der Waals surface area contributed by atoms with Crippen molar-refractivity contribution in [1.29, 1.82) is 0 Å². The third-order valence-electron chi connectivity index (χ3n) is 3.54. The molecule has 20 heavy (non-hydrogen) atoms. The smallest absolute Gasteiger partial charge is 0.251 e. The fraction of sp³-hybridized carbons (Fsp3) is 0.312. The fourth-order valence-electron chi connectivity index (χ4n) is 1.97. The molecule has 1 aliphatic rings. The number of allylic oxidation sites excluding steroid dienone is 1. The summed E-state index contributed by atoms with van der Waals surface area (Å²) in [6.45, 7) is 10.4. The molecule has 0 saturated heterocycles. The number of amides is 1. The highest BCUT2D eigenvalue weighted by Crippen LogP contribution is 2.21. The summed E-state index contributed by atoms with van der Waals surface area (Å²) >= 11 is 0. The quantitative estimate of drug-likeness (QED) is 0.665. The molecule has 1 aromatic rings. The van der Waals surface area contributed by atoms with E-state index in [0.717, 1.165) is 11.1 Å². The topological polar surface area (TPSA) is 53.8 Å². The van der Waals surface area contributed by atoms with E-state index >= 15 is 0 Å². The number of hydrogen-bond acceptors (Lipinski definition) is 2. The zero-order valence-corrected chi connectivity index (χ0v) is 12.1. The van der Waals surface area contributed by atoms with Crippen LogP contribution in [0.4, 0.5) is 0 Å². The number of carbonyl (C=O) groups is 1. The number of hydrogen-bond donors (Lipinski definition) is 1. The molecule has 1 aromatic carbocycles. The van der Waals surface area contributed by atoms with Gasteiger partial charge in [0, 0.05) is 23.9 Å². The molecule has 4 heteroatoms. The molecule has 104 valence electrons. The van der Waals surface area contributed by atoms with Gasteiger partial charge >= 0.3 is 0 Å². The Balaban J connectivity index is 2.44. The summed E-state index contributed by atoms with van der Waals surface area (Å²) in [7, 11) is 0. The van der Waals surface area contributed by atoms with Gasteiger partial charge in [0.05, 0.1) is 0 Å². The largest absolute Gasteiger partial charge is 0.348 e. The van der Waals surface area contributed by atoms with Gasteiger partial charge in [-0.15, -0.1) is 0 Å². The van der Waals surface area contributed by atoms with Crippen LogP contribution in [-0.2, 0) is 6.54 Å². The Morgan fingerprint density at radius 1 is 1.45 bits per heavy atom. The monoisotopic (exact) mass is 269 g/mol. The van der Waals surface area contributed by atoms with E-state index in [0.29, 0.717) is 23.9 Å². The minimum Gasteiger partial charge on any atom is -0.348 e. The molecule has 0 bridgehead atoms. The zero-order valence-electron chi connectivity index (χ0n) is 12.1. The predicted molar refractivity (Wildman–Crippen MR) is 82.3 cm³/mol. The number of amidine groups is 1. The lowest BCUT2D eigenvalue weighted by molar-refractivity contribution is 0.0966. The van der Waals surface area contributed by atoms with E-state index in [1.54, 1.807) is 0 Å². The predicted octanol–water partition coefficient (Wildman–Crippen LogP) is 2.94. The van der Waals surface area contributed by atoms with E-state index in [-0.39, 0.29) is 5.91 Å². The van der Waals surface area contributed by atoms with E-state index in [1.165, 1.54) is 5.57 Å². The summed E-state index contributed by atoms with van der Waals surface area (Å²) in [4.78, 5) is 20.1. The van der Waals surface area contributed by atoms with Gasteiger partial charge in [-0.2, -0.15) is 0 Å². The summed E-state index contributed by atoms with van der Waals surface area (Å²) < 4.78 is 0. The number of benzene rings is 1. The van der Waals surface area contributed by atoms with Crippen LogP contribution in [0.5, 0.6) is 0 Å². The minimum absolute atomic E-state index is 0.0424. The minimum atomic E-state index is -0.0424. The molecule has 1 aliphatic heterocycles. The van der Waals surface area contributed by atoms with E-state index in [2.05, 4.69) is 35.9 Å². The van der Waals surface area contributed by atoms with Gasteiger partial charge < -0.3 is 5.32 Å². The molecule has 1 amide bonds. The van der Waals surface area contributed by atoms with Gasteiger partial charge in [0.25, 0.3) is 5.91 Å². The highest BCUT2D eigenvalue weighted by Gasteiger charge is 2.22. The van der Waals surface area contributed by atoms with Gasteiger partial charge in [0.2, 0.25) is 0 Å². The van der Waals surface area contributed by atoms with Crippen LogP contribution in [0, 0.1) is 5.92 Å². The van der Waals surface area contributed by atoms with Gasteiger partial charge in [0.15, 0.2) is 5.84 Å². The average molecular weight is 269 g/mol. The Morgan fingerprint density at radius 3 is 2.85 bits per heavy atom. The molecule has 0 aromatic heterocycles. The van der Waals surface area contributed by atoms with Crippen LogP contribution in [0.1, 0.15) is 42.3 Å². The van der Waals surface area contributed by atoms with Crippen molar-refractivity contribution in [1.82, 2.24) is 5.32 Å². The molecule has 0 spiro atoms. The van der Waals surface area contributed by atoms with Crippen LogP contribution in [0.2, 0.25) is 0 Å². The molecule has 0 unspecified atom stereocenters. The number of nitrogens with one attached hydrogen (secondary N) is 1. The van der Waals surface area contributed by atoms with E-state index in [9.17, 15) is 4.79 Å². The number of nitrogens with zero attached hydrogens (tertiary/aromatic N) is 2. The number of fused-ring (bicyclic) bond motifs is 1. The summed E-state index contributed by atoms with van der Waals surface area (Å²) in [5, 5.41) is 2.82. The molecule has 1 heterocycles. The molecular formula is C16H19N3O. The van der Waals surface area contributed by atoms with Crippen molar-refractivity contribution in [2.45, 2.75) is 27.3 Å². The van der Waals surface area contributed by atoms with E-state index < -0.39 is 0 Å². The second-order valence-corrected chi connectivity index (χ2v) is 5.15. The van der Waals surface area contributed by atoms with Crippen LogP contribution < -0.4 is 5.32 Å². The highest BCUT2D eigenvalue weighted by molar-refractivity contribution is 6.07. The van der Waals surface area contributed by atoms with Gasteiger partial charge in [-0.1, -0.05) is 31.6 Å². The molecule has 0 aliphatic carbocycles. The van der Waals surface area contributed by atoms with Crippen LogP contribution in [0.15, 0.2) is 40.0 Å². The molecule has 0 saturated carbocycles. The van der Waals surface area contributed by atoms with Crippen molar-refractivity contribution in [3.05, 3.63) is 46.7 Å². The molecule has 4 nitrogen and oxygen atoms in total. The Labute approximate surface area is 119 Å². The third-order valence-corrected chi connectivity index (χ3v) is 3.54. The lowest BCUT2D eigenvalue weighted by Gasteiger charge is -2.06. The van der Waals surface area contributed by atoms with E-state index in [4.69, 9.17) is 0 Å². The number of aliphatic imine (C=N–C) groups is 2. The first-order valence-corrected chi connectivity index (χ1v) is 6.66. The first-order chi connectivity index (χ1) is 9.54. The van der Waals surface area contributed by atoms with Gasteiger partial charge in [-0.25, -0.2) is 9.98 Å². The van der Waals surface area contributed by atoms with Crippen molar-refractivity contribution < 1.29 is 4.79 Å². The molecule has 2 rings (SSSR count). The van der Waals surface area contributed by atoms with Crippen LogP contribution in [-0.4, -0.2) is 18.5 Å². The standard InChI is InChI=1S/C16H19N3O/c1-10(2)11(3)8-18-15(17-4)12-6-5-7-13-14(12)9-19-16(13)20/h5-8,10H,4,9H2,1-3H3,(H,19,20)/b11-8+,18-15-. The lowest BCUT2D eigenvalue weighted by Crippen LogP contribution is -2.12. The number of carbonyl (C=O) groups excluding carboxylic acids is 1. The summed E-state index contributed by atoms with van der Waals surface area (Å²) in [5.41, 5.74) is 3.68. The Hall–Kier alpha value is -2.23. The summed E-state index contributed by atoms with van der Waals surface area (Å²) in [5.74, 6) is 0.951. The maximum Gasteiger partial charge on any atom is 0.251 e.